The van der Waals surface area contributed by atoms with Gasteiger partial charge in [0.2, 0.25) is 0 Å². The van der Waals surface area contributed by atoms with Crippen LogP contribution >= 0.6 is 0 Å². The van der Waals surface area contributed by atoms with Crippen molar-refractivity contribution in [1.29, 1.82) is 0 Å². The van der Waals surface area contributed by atoms with Crippen LogP contribution in [0.25, 0.3) is 5.65 Å². The van der Waals surface area contributed by atoms with E-state index < -0.39 is 0 Å². The monoisotopic (exact) mass is 279 g/mol. The van der Waals surface area contributed by atoms with Gasteiger partial charge in [0.25, 0.3) is 5.91 Å². The van der Waals surface area contributed by atoms with Crippen molar-refractivity contribution < 1.29 is 4.79 Å². The summed E-state index contributed by atoms with van der Waals surface area (Å²) >= 11 is 0. The number of hydrogen-bond acceptors (Lipinski definition) is 2. The van der Waals surface area contributed by atoms with Gasteiger partial charge in [-0.15, -0.1) is 0 Å². The van der Waals surface area contributed by atoms with Gasteiger partial charge in [-0.1, -0.05) is 37.3 Å². The van der Waals surface area contributed by atoms with Crippen LogP contribution in [0.3, 0.4) is 0 Å². The van der Waals surface area contributed by atoms with Crippen molar-refractivity contribution in [3.8, 4) is 0 Å². The van der Waals surface area contributed by atoms with Crippen molar-refractivity contribution >= 4 is 11.6 Å². The van der Waals surface area contributed by atoms with E-state index in [9.17, 15) is 4.79 Å². The lowest BCUT2D eigenvalue weighted by Crippen LogP contribution is -2.23. The second-order valence-electron chi connectivity index (χ2n) is 4.94. The number of aromatic nitrogens is 2. The van der Waals surface area contributed by atoms with E-state index in [1.807, 2.05) is 40.9 Å². The van der Waals surface area contributed by atoms with E-state index in [2.05, 4.69) is 29.4 Å². The first-order chi connectivity index (χ1) is 10.3. The molecular weight excluding hydrogens is 262 g/mol. The molecule has 1 N–H and O–H groups in total. The van der Waals surface area contributed by atoms with E-state index in [1.54, 1.807) is 6.20 Å². The van der Waals surface area contributed by atoms with Gasteiger partial charge in [-0.25, -0.2) is 4.98 Å². The average Bonchev–Trinajstić information content (AvgIpc) is 2.97. The van der Waals surface area contributed by atoms with Crippen LogP contribution in [-0.4, -0.2) is 15.3 Å². The molecule has 0 atom stereocenters. The first kappa shape index (κ1) is 13.4. The summed E-state index contributed by atoms with van der Waals surface area (Å²) in [4.78, 5) is 16.4. The lowest BCUT2D eigenvalue weighted by Gasteiger charge is -2.04. The molecule has 0 aliphatic rings. The first-order valence-corrected chi connectivity index (χ1v) is 7.06. The van der Waals surface area contributed by atoms with Gasteiger partial charge in [0.05, 0.1) is 0 Å². The number of aryl methyl sites for hydroxylation is 1. The number of amides is 1. The van der Waals surface area contributed by atoms with E-state index in [0.29, 0.717) is 12.2 Å². The SMILES string of the molecule is CCc1ccc(CNC(=O)c2cn3ccccc3n2)cc1. The lowest BCUT2D eigenvalue weighted by molar-refractivity contribution is 0.0946. The molecule has 0 spiro atoms. The summed E-state index contributed by atoms with van der Waals surface area (Å²) < 4.78 is 1.84. The number of nitrogens with one attached hydrogen (secondary N) is 1. The summed E-state index contributed by atoms with van der Waals surface area (Å²) in [6.07, 6.45) is 4.64. The Labute approximate surface area is 123 Å². The van der Waals surface area contributed by atoms with Gasteiger partial charge in [-0.2, -0.15) is 0 Å². The van der Waals surface area contributed by atoms with Gasteiger partial charge in [-0.05, 0) is 29.7 Å². The molecule has 2 heterocycles. The third-order valence-electron chi connectivity index (χ3n) is 3.48. The maximum absolute atomic E-state index is 12.1. The molecule has 0 aliphatic heterocycles. The molecule has 0 saturated heterocycles. The molecule has 2 aromatic heterocycles. The molecule has 4 heteroatoms. The second kappa shape index (κ2) is 5.79. The molecule has 0 aliphatic carbocycles. The Morgan fingerprint density at radius 1 is 1.14 bits per heavy atom. The predicted molar refractivity (Wildman–Crippen MR) is 82.2 cm³/mol. The molecule has 1 aromatic carbocycles. The highest BCUT2D eigenvalue weighted by molar-refractivity contribution is 5.92. The van der Waals surface area contributed by atoms with Gasteiger partial charge in [0.1, 0.15) is 11.3 Å². The van der Waals surface area contributed by atoms with E-state index in [4.69, 9.17) is 0 Å². The lowest BCUT2D eigenvalue weighted by atomic mass is 10.1. The number of rotatable bonds is 4. The molecule has 0 unspecified atom stereocenters. The topological polar surface area (TPSA) is 46.4 Å². The Kier molecular flexibility index (Phi) is 3.69. The molecule has 0 bridgehead atoms. The largest absolute Gasteiger partial charge is 0.347 e. The number of fused-ring (bicyclic) bond motifs is 1. The van der Waals surface area contributed by atoms with Gasteiger partial charge in [0, 0.05) is 18.9 Å². The molecule has 3 rings (SSSR count). The standard InChI is InChI=1S/C17H17N3O/c1-2-13-6-8-14(9-7-13)11-18-17(21)15-12-20-10-4-3-5-16(20)19-15/h3-10,12H,2,11H2,1H3,(H,18,21). The van der Waals surface area contributed by atoms with Crippen LogP contribution in [0.15, 0.2) is 54.9 Å². The highest BCUT2D eigenvalue weighted by Gasteiger charge is 2.09. The fraction of sp³-hybridized carbons (Fsp3) is 0.176. The molecular formula is C17H17N3O. The first-order valence-electron chi connectivity index (χ1n) is 7.06. The number of nitrogens with zero attached hydrogens (tertiary/aromatic N) is 2. The van der Waals surface area contributed by atoms with Crippen molar-refractivity contribution in [2.75, 3.05) is 0 Å². The van der Waals surface area contributed by atoms with E-state index in [1.165, 1.54) is 5.56 Å². The van der Waals surface area contributed by atoms with Crippen LogP contribution in [-0.2, 0) is 13.0 Å². The van der Waals surface area contributed by atoms with Crippen LogP contribution in [0.4, 0.5) is 0 Å². The minimum atomic E-state index is -0.154. The summed E-state index contributed by atoms with van der Waals surface area (Å²) in [5.74, 6) is -0.154. The fourth-order valence-electron chi connectivity index (χ4n) is 2.21. The van der Waals surface area contributed by atoms with Crippen molar-refractivity contribution in [3.63, 3.8) is 0 Å². The maximum atomic E-state index is 12.1. The second-order valence-corrected chi connectivity index (χ2v) is 4.94. The minimum Gasteiger partial charge on any atom is -0.347 e. The average molecular weight is 279 g/mol. The van der Waals surface area contributed by atoms with Crippen LogP contribution in [0.5, 0.6) is 0 Å². The zero-order valence-corrected chi connectivity index (χ0v) is 11.9. The molecule has 0 saturated carbocycles. The summed E-state index contributed by atoms with van der Waals surface area (Å²) in [5.41, 5.74) is 3.59. The van der Waals surface area contributed by atoms with Crippen molar-refractivity contribution in [2.45, 2.75) is 19.9 Å². The molecule has 3 aromatic rings. The highest BCUT2D eigenvalue weighted by Crippen LogP contribution is 2.07. The van der Waals surface area contributed by atoms with Crippen molar-refractivity contribution in [2.24, 2.45) is 0 Å². The van der Waals surface area contributed by atoms with Crippen LogP contribution in [0.1, 0.15) is 28.5 Å². The molecule has 106 valence electrons. The molecule has 21 heavy (non-hydrogen) atoms. The smallest absolute Gasteiger partial charge is 0.271 e. The van der Waals surface area contributed by atoms with Crippen molar-refractivity contribution in [3.05, 3.63) is 71.7 Å². The Bertz CT molecular complexity index is 726. The van der Waals surface area contributed by atoms with E-state index in [0.717, 1.165) is 17.6 Å². The van der Waals surface area contributed by atoms with E-state index >= 15 is 0 Å². The third kappa shape index (κ3) is 2.94. The Morgan fingerprint density at radius 3 is 2.62 bits per heavy atom. The summed E-state index contributed by atoms with van der Waals surface area (Å²) in [6, 6.07) is 14.0. The number of carbonyl (C=O) groups is 1. The highest BCUT2D eigenvalue weighted by atomic mass is 16.1. The third-order valence-corrected chi connectivity index (χ3v) is 3.48. The summed E-state index contributed by atoms with van der Waals surface area (Å²) in [7, 11) is 0. The zero-order valence-electron chi connectivity index (χ0n) is 11.9. The van der Waals surface area contributed by atoms with Gasteiger partial charge in [0.15, 0.2) is 0 Å². The zero-order chi connectivity index (χ0) is 14.7. The predicted octanol–water partition coefficient (Wildman–Crippen LogP) is 2.83. The summed E-state index contributed by atoms with van der Waals surface area (Å²) in [6.45, 7) is 2.64. The minimum absolute atomic E-state index is 0.154. The molecule has 1 amide bonds. The molecule has 0 radical (unpaired) electrons. The Hall–Kier alpha value is -2.62. The van der Waals surface area contributed by atoms with Crippen LogP contribution in [0.2, 0.25) is 0 Å². The number of imidazole rings is 1. The number of benzene rings is 1. The van der Waals surface area contributed by atoms with Gasteiger partial charge >= 0.3 is 0 Å². The Balaban J connectivity index is 1.68. The van der Waals surface area contributed by atoms with Gasteiger partial charge in [-0.3, -0.25) is 4.79 Å². The molecule has 0 fully saturated rings. The van der Waals surface area contributed by atoms with Crippen LogP contribution < -0.4 is 5.32 Å². The van der Waals surface area contributed by atoms with Gasteiger partial charge < -0.3 is 9.72 Å². The normalized spacial score (nSPS) is 10.7. The summed E-state index contributed by atoms with van der Waals surface area (Å²) in [5, 5.41) is 2.90. The molecule has 4 nitrogen and oxygen atoms in total. The van der Waals surface area contributed by atoms with E-state index in [-0.39, 0.29) is 5.91 Å². The van der Waals surface area contributed by atoms with Crippen molar-refractivity contribution in [1.82, 2.24) is 14.7 Å². The maximum Gasteiger partial charge on any atom is 0.271 e. The quantitative estimate of drug-likeness (QED) is 0.798. The number of hydrogen-bond donors (Lipinski definition) is 1. The number of pyridine rings is 1. The van der Waals surface area contributed by atoms with Crippen LogP contribution in [0, 0.1) is 0 Å². The fourth-order valence-corrected chi connectivity index (χ4v) is 2.21. The Morgan fingerprint density at radius 2 is 1.90 bits per heavy atom. The number of carbonyl (C=O) groups excluding carboxylic acids is 1.